The minimum Gasteiger partial charge on any atom is -0.360 e. The van der Waals surface area contributed by atoms with Crippen molar-refractivity contribution in [2.45, 2.75) is 37.0 Å². The SMILES string of the molecule is O=C(NC1CC1)C1[C@H]2C=C[C@]3(CN(CCc4ccccc4)C(=O)[C@@H]13)O2. The number of hydrogen-bond acceptors (Lipinski definition) is 3. The van der Waals surface area contributed by atoms with Crippen molar-refractivity contribution in [1.82, 2.24) is 10.2 Å². The molecule has 25 heavy (non-hydrogen) atoms. The van der Waals surface area contributed by atoms with Gasteiger partial charge in [0.15, 0.2) is 0 Å². The fourth-order valence-electron chi connectivity index (χ4n) is 4.50. The average molecular weight is 338 g/mol. The predicted molar refractivity (Wildman–Crippen MR) is 91.6 cm³/mol. The van der Waals surface area contributed by atoms with Crippen molar-refractivity contribution in [2.24, 2.45) is 11.8 Å². The first-order chi connectivity index (χ1) is 12.2. The first-order valence-corrected chi connectivity index (χ1v) is 9.17. The van der Waals surface area contributed by atoms with E-state index in [0.717, 1.165) is 19.3 Å². The molecule has 1 aromatic carbocycles. The number of rotatable bonds is 5. The normalized spacial score (nSPS) is 35.3. The van der Waals surface area contributed by atoms with E-state index in [1.165, 1.54) is 5.56 Å². The van der Waals surface area contributed by atoms with Crippen molar-refractivity contribution < 1.29 is 14.3 Å². The monoisotopic (exact) mass is 338 g/mol. The third-order valence-electron chi connectivity index (χ3n) is 5.92. The van der Waals surface area contributed by atoms with Crippen molar-refractivity contribution in [3.05, 3.63) is 48.0 Å². The van der Waals surface area contributed by atoms with Gasteiger partial charge in [-0.3, -0.25) is 9.59 Å². The highest BCUT2D eigenvalue weighted by Crippen LogP contribution is 2.52. The van der Waals surface area contributed by atoms with E-state index in [-0.39, 0.29) is 29.8 Å². The van der Waals surface area contributed by atoms with E-state index >= 15 is 0 Å². The lowest BCUT2D eigenvalue weighted by atomic mass is 9.77. The van der Waals surface area contributed by atoms with Crippen LogP contribution in [-0.4, -0.2) is 47.6 Å². The molecule has 2 amide bonds. The van der Waals surface area contributed by atoms with Crippen molar-refractivity contribution >= 4 is 11.8 Å². The van der Waals surface area contributed by atoms with E-state index in [2.05, 4.69) is 17.4 Å². The molecule has 3 heterocycles. The van der Waals surface area contributed by atoms with Crippen molar-refractivity contribution in [3.8, 4) is 0 Å². The van der Waals surface area contributed by atoms with Gasteiger partial charge in [0.1, 0.15) is 5.60 Å². The predicted octanol–water partition coefficient (Wildman–Crippen LogP) is 1.29. The van der Waals surface area contributed by atoms with Gasteiger partial charge in [-0.15, -0.1) is 0 Å². The van der Waals surface area contributed by atoms with Crippen LogP contribution in [-0.2, 0) is 20.7 Å². The number of likely N-dealkylation sites (tertiary alicyclic amines) is 1. The first-order valence-electron chi connectivity index (χ1n) is 9.17. The summed E-state index contributed by atoms with van der Waals surface area (Å²) in [4.78, 5) is 27.6. The van der Waals surface area contributed by atoms with Gasteiger partial charge >= 0.3 is 0 Å². The smallest absolute Gasteiger partial charge is 0.230 e. The summed E-state index contributed by atoms with van der Waals surface area (Å²) in [5, 5.41) is 3.06. The van der Waals surface area contributed by atoms with Gasteiger partial charge < -0.3 is 15.0 Å². The Bertz CT molecular complexity index is 743. The van der Waals surface area contributed by atoms with Gasteiger partial charge in [0.2, 0.25) is 11.8 Å². The van der Waals surface area contributed by atoms with E-state index in [1.54, 1.807) is 0 Å². The molecule has 4 atom stereocenters. The number of fused-ring (bicyclic) bond motifs is 1. The minimum absolute atomic E-state index is 0.0121. The second-order valence-corrected chi connectivity index (χ2v) is 7.68. The summed E-state index contributed by atoms with van der Waals surface area (Å²) in [7, 11) is 0. The summed E-state index contributed by atoms with van der Waals surface area (Å²) < 4.78 is 6.14. The number of carbonyl (C=O) groups excluding carboxylic acids is 2. The van der Waals surface area contributed by atoms with Gasteiger partial charge in [-0.1, -0.05) is 42.5 Å². The molecule has 4 aliphatic rings. The molecule has 0 radical (unpaired) electrons. The van der Waals surface area contributed by atoms with Crippen LogP contribution in [0.5, 0.6) is 0 Å². The van der Waals surface area contributed by atoms with Crippen LogP contribution < -0.4 is 5.32 Å². The van der Waals surface area contributed by atoms with Crippen LogP contribution in [0.15, 0.2) is 42.5 Å². The molecule has 130 valence electrons. The highest BCUT2D eigenvalue weighted by molar-refractivity contribution is 5.93. The summed E-state index contributed by atoms with van der Waals surface area (Å²) in [6.45, 7) is 1.23. The third kappa shape index (κ3) is 2.41. The van der Waals surface area contributed by atoms with Crippen molar-refractivity contribution in [2.75, 3.05) is 13.1 Å². The van der Waals surface area contributed by atoms with E-state index in [9.17, 15) is 9.59 Å². The molecule has 1 aromatic rings. The van der Waals surface area contributed by atoms with Crippen molar-refractivity contribution in [1.29, 1.82) is 0 Å². The van der Waals surface area contributed by atoms with Crippen molar-refractivity contribution in [3.63, 3.8) is 0 Å². The topological polar surface area (TPSA) is 58.6 Å². The Kier molecular flexibility index (Phi) is 3.29. The number of hydrogen-bond donors (Lipinski definition) is 1. The summed E-state index contributed by atoms with van der Waals surface area (Å²) >= 11 is 0. The molecule has 5 heteroatoms. The van der Waals surface area contributed by atoms with Crippen LogP contribution in [0.4, 0.5) is 0 Å². The zero-order valence-electron chi connectivity index (χ0n) is 14.1. The molecule has 2 bridgehead atoms. The molecular formula is C20H22N2O3. The van der Waals surface area contributed by atoms with Gasteiger partial charge in [-0.2, -0.15) is 0 Å². The standard InChI is InChI=1S/C20H22N2O3/c23-18(21-14-6-7-14)16-15-8-10-20(25-15)12-22(19(24)17(16)20)11-9-13-4-2-1-3-5-13/h1-5,8,10,14-17H,6-7,9,11-12H2,(H,21,23)/t15-,16?,17-,20-/m1/s1. The number of benzene rings is 1. The van der Waals surface area contributed by atoms with Gasteiger partial charge in [-0.25, -0.2) is 0 Å². The molecule has 1 spiro atoms. The third-order valence-corrected chi connectivity index (χ3v) is 5.92. The largest absolute Gasteiger partial charge is 0.360 e. The van der Waals surface area contributed by atoms with Crippen LogP contribution in [0.2, 0.25) is 0 Å². The summed E-state index contributed by atoms with van der Waals surface area (Å²) in [5.74, 6) is -0.683. The molecule has 3 fully saturated rings. The number of carbonyl (C=O) groups is 2. The van der Waals surface area contributed by atoms with Crippen LogP contribution in [0.25, 0.3) is 0 Å². The van der Waals surface area contributed by atoms with Crippen LogP contribution >= 0.6 is 0 Å². The number of nitrogens with one attached hydrogen (secondary N) is 1. The molecular weight excluding hydrogens is 316 g/mol. The molecule has 1 saturated carbocycles. The van der Waals surface area contributed by atoms with Gasteiger partial charge in [0.25, 0.3) is 0 Å². The summed E-state index contributed by atoms with van der Waals surface area (Å²) in [5.41, 5.74) is 0.623. The van der Waals surface area contributed by atoms with Crippen LogP contribution in [0, 0.1) is 11.8 Å². The lowest BCUT2D eigenvalue weighted by molar-refractivity contribution is -0.137. The Morgan fingerprint density at radius 2 is 2.08 bits per heavy atom. The average Bonchev–Trinajstić information content (AvgIpc) is 3.16. The van der Waals surface area contributed by atoms with Gasteiger partial charge in [0.05, 0.1) is 24.5 Å². The number of nitrogens with zero attached hydrogens (tertiary/aromatic N) is 1. The Labute approximate surface area is 147 Å². The van der Waals surface area contributed by atoms with E-state index in [4.69, 9.17) is 4.74 Å². The fraction of sp³-hybridized carbons (Fsp3) is 0.500. The molecule has 5 nitrogen and oxygen atoms in total. The Morgan fingerprint density at radius 1 is 1.28 bits per heavy atom. The highest BCUT2D eigenvalue weighted by Gasteiger charge is 2.66. The lowest BCUT2D eigenvalue weighted by Gasteiger charge is -2.23. The molecule has 5 rings (SSSR count). The fourth-order valence-corrected chi connectivity index (χ4v) is 4.50. The number of ether oxygens (including phenoxy) is 1. The maximum absolute atomic E-state index is 13.0. The first kappa shape index (κ1) is 15.1. The van der Waals surface area contributed by atoms with E-state index in [0.29, 0.717) is 19.1 Å². The van der Waals surface area contributed by atoms with Crippen LogP contribution in [0.3, 0.4) is 0 Å². The summed E-state index contributed by atoms with van der Waals surface area (Å²) in [6, 6.07) is 10.5. The van der Waals surface area contributed by atoms with E-state index < -0.39 is 5.60 Å². The molecule has 2 saturated heterocycles. The summed E-state index contributed by atoms with van der Waals surface area (Å²) in [6.07, 6.45) is 6.66. The Morgan fingerprint density at radius 3 is 2.84 bits per heavy atom. The molecule has 0 aromatic heterocycles. The van der Waals surface area contributed by atoms with Gasteiger partial charge in [-0.05, 0) is 24.8 Å². The van der Waals surface area contributed by atoms with Crippen LogP contribution in [0.1, 0.15) is 18.4 Å². The maximum Gasteiger partial charge on any atom is 0.230 e. The maximum atomic E-state index is 13.0. The Balaban J connectivity index is 1.33. The second-order valence-electron chi connectivity index (χ2n) is 7.68. The second kappa shape index (κ2) is 5.43. The number of amides is 2. The zero-order valence-corrected chi connectivity index (χ0v) is 14.1. The molecule has 1 N–H and O–H groups in total. The zero-order chi connectivity index (χ0) is 17.0. The highest BCUT2D eigenvalue weighted by atomic mass is 16.5. The lowest BCUT2D eigenvalue weighted by Crippen LogP contribution is -2.44. The minimum atomic E-state index is -0.593. The molecule has 3 aliphatic heterocycles. The quantitative estimate of drug-likeness (QED) is 0.823. The molecule has 1 aliphatic carbocycles. The van der Waals surface area contributed by atoms with Gasteiger partial charge in [0, 0.05) is 12.6 Å². The van der Waals surface area contributed by atoms with E-state index in [1.807, 2.05) is 35.3 Å². The Hall–Kier alpha value is -2.14. The molecule has 1 unspecified atom stereocenters.